The molecule has 14 heteroatoms. The Morgan fingerprint density at radius 2 is 1.77 bits per heavy atom. The lowest BCUT2D eigenvalue weighted by Crippen LogP contribution is -2.43. The van der Waals surface area contributed by atoms with Crippen LogP contribution in [0, 0.1) is 5.41 Å². The van der Waals surface area contributed by atoms with Crippen molar-refractivity contribution in [1.29, 1.82) is 5.41 Å². The molecule has 1 unspecified atom stereocenters. The van der Waals surface area contributed by atoms with E-state index in [2.05, 4.69) is 10.6 Å². The van der Waals surface area contributed by atoms with Gasteiger partial charge < -0.3 is 31.1 Å². The third-order valence-electron chi connectivity index (χ3n) is 5.41. The molecule has 210 valence electrons. The second-order valence-corrected chi connectivity index (χ2v) is 8.16. The molecule has 1 heterocycles. The van der Waals surface area contributed by atoms with Gasteiger partial charge in [-0.15, -0.1) is 0 Å². The number of nitrogens with zero attached hydrogens (tertiary/aromatic N) is 1. The zero-order chi connectivity index (χ0) is 29.2. The Bertz CT molecular complexity index is 1200. The number of ether oxygens (including phenoxy) is 1. The van der Waals surface area contributed by atoms with E-state index in [1.165, 1.54) is 0 Å². The van der Waals surface area contributed by atoms with E-state index in [4.69, 9.17) is 25.8 Å². The molecule has 0 spiro atoms. The second kappa shape index (κ2) is 13.8. The molecule has 11 nitrogen and oxygen atoms in total. The zero-order valence-corrected chi connectivity index (χ0v) is 20.9. The van der Waals surface area contributed by atoms with Gasteiger partial charge in [0.1, 0.15) is 11.9 Å². The number of aliphatic carboxylic acids is 1. The number of rotatable bonds is 8. The Hall–Kier alpha value is -4.62. The number of nitrogen functional groups attached to an aromatic ring is 1. The number of hydrogen-bond donors (Lipinski definition) is 5. The first-order valence-electron chi connectivity index (χ1n) is 11.7. The molecular formula is C25H28F3N5O6. The Morgan fingerprint density at radius 3 is 2.33 bits per heavy atom. The number of esters is 1. The van der Waals surface area contributed by atoms with Crippen LogP contribution < -0.4 is 21.3 Å². The van der Waals surface area contributed by atoms with Crippen LogP contribution in [-0.4, -0.2) is 60.2 Å². The lowest BCUT2D eigenvalue weighted by atomic mass is 10.1. The number of carboxylic acids is 1. The van der Waals surface area contributed by atoms with E-state index in [1.807, 2.05) is 12.1 Å². The van der Waals surface area contributed by atoms with Gasteiger partial charge in [0.15, 0.2) is 0 Å². The standard InChI is InChI=1S/C23H27N5O4.C2HF3O2/c1-2-32-20(29)12-9-15-5-3-4-6-18(15)26-23(31)27-19-13-14-28(22(19)30)17-10-7-16(8-11-17)21(24)25;3-2(4,5)1(6)7/h3-8,10-11,19H,2,9,12-14H2,1H3,(H3,24,25)(H2,26,27,31);(H,6,7). The average molecular weight is 552 g/mol. The van der Waals surface area contributed by atoms with Gasteiger partial charge in [-0.05, 0) is 55.7 Å². The molecule has 1 aliphatic rings. The highest BCUT2D eigenvalue weighted by molar-refractivity contribution is 6.03. The fourth-order valence-corrected chi connectivity index (χ4v) is 3.54. The molecule has 3 rings (SSSR count). The SMILES string of the molecule is CCOC(=O)CCc1ccccc1NC(=O)NC1CCN(c2ccc(C(=N)N)cc2)C1=O.O=C(O)C(F)(F)F. The molecule has 2 aromatic carbocycles. The molecule has 6 N–H and O–H groups in total. The van der Waals surface area contributed by atoms with Crippen LogP contribution in [0.5, 0.6) is 0 Å². The lowest BCUT2D eigenvalue weighted by Gasteiger charge is -2.18. The van der Waals surface area contributed by atoms with Crippen molar-refractivity contribution in [3.63, 3.8) is 0 Å². The number of amidine groups is 1. The van der Waals surface area contributed by atoms with E-state index >= 15 is 0 Å². The van der Waals surface area contributed by atoms with Crippen molar-refractivity contribution in [3.8, 4) is 0 Å². The number of benzene rings is 2. The van der Waals surface area contributed by atoms with Crippen molar-refractivity contribution in [2.75, 3.05) is 23.4 Å². The summed E-state index contributed by atoms with van der Waals surface area (Å²) in [5, 5.41) is 20.1. The Labute approximate surface area is 221 Å². The number of nitrogens with two attached hydrogens (primary N) is 1. The summed E-state index contributed by atoms with van der Waals surface area (Å²) in [6.45, 7) is 2.55. The van der Waals surface area contributed by atoms with Gasteiger partial charge in [0.25, 0.3) is 0 Å². The number of nitrogens with one attached hydrogen (secondary N) is 3. The van der Waals surface area contributed by atoms with Crippen LogP contribution in [0.1, 0.15) is 30.9 Å². The van der Waals surface area contributed by atoms with Gasteiger partial charge >= 0.3 is 24.1 Å². The number of carbonyl (C=O) groups excluding carboxylic acids is 3. The number of aryl methyl sites for hydroxylation is 1. The molecule has 0 aromatic heterocycles. The smallest absolute Gasteiger partial charge is 0.475 e. The van der Waals surface area contributed by atoms with Crippen LogP contribution in [0.2, 0.25) is 0 Å². The molecule has 1 saturated heterocycles. The number of halogens is 3. The largest absolute Gasteiger partial charge is 0.490 e. The summed E-state index contributed by atoms with van der Waals surface area (Å²) < 4.78 is 36.7. The molecule has 0 bridgehead atoms. The summed E-state index contributed by atoms with van der Waals surface area (Å²) >= 11 is 0. The highest BCUT2D eigenvalue weighted by atomic mass is 19.4. The van der Waals surface area contributed by atoms with Crippen LogP contribution in [-0.2, 0) is 25.5 Å². The van der Waals surface area contributed by atoms with Crippen LogP contribution in [0.4, 0.5) is 29.3 Å². The Balaban J connectivity index is 0.000000673. The van der Waals surface area contributed by atoms with E-state index in [0.717, 1.165) is 5.56 Å². The van der Waals surface area contributed by atoms with Gasteiger partial charge in [0, 0.05) is 29.9 Å². The highest BCUT2D eigenvalue weighted by Crippen LogP contribution is 2.23. The molecule has 39 heavy (non-hydrogen) atoms. The van der Waals surface area contributed by atoms with Gasteiger partial charge in [-0.1, -0.05) is 18.2 Å². The van der Waals surface area contributed by atoms with Crippen LogP contribution in [0.15, 0.2) is 48.5 Å². The maximum Gasteiger partial charge on any atom is 0.490 e. The van der Waals surface area contributed by atoms with Gasteiger partial charge in [0.2, 0.25) is 5.91 Å². The fraction of sp³-hybridized carbons (Fsp3) is 0.320. The van der Waals surface area contributed by atoms with E-state index in [1.54, 1.807) is 48.2 Å². The molecule has 3 amide bonds. The van der Waals surface area contributed by atoms with Crippen molar-refractivity contribution >= 4 is 41.1 Å². The first-order chi connectivity index (χ1) is 18.3. The molecule has 1 fully saturated rings. The fourth-order valence-electron chi connectivity index (χ4n) is 3.54. The predicted octanol–water partition coefficient (Wildman–Crippen LogP) is 3.03. The molecule has 1 atom stereocenters. The summed E-state index contributed by atoms with van der Waals surface area (Å²) in [7, 11) is 0. The van der Waals surface area contributed by atoms with E-state index in [-0.39, 0.29) is 24.1 Å². The summed E-state index contributed by atoms with van der Waals surface area (Å²) in [4.78, 5) is 47.5. The monoisotopic (exact) mass is 551 g/mol. The summed E-state index contributed by atoms with van der Waals surface area (Å²) in [5.74, 6) is -3.29. The van der Waals surface area contributed by atoms with E-state index in [0.29, 0.717) is 42.9 Å². The van der Waals surface area contributed by atoms with Gasteiger partial charge in [-0.25, -0.2) is 9.59 Å². The Morgan fingerprint density at radius 1 is 1.15 bits per heavy atom. The van der Waals surface area contributed by atoms with Gasteiger partial charge in [0.05, 0.1) is 6.61 Å². The van der Waals surface area contributed by atoms with Gasteiger partial charge in [-0.2, -0.15) is 13.2 Å². The number of urea groups is 1. The number of carbonyl (C=O) groups is 4. The molecule has 0 aliphatic carbocycles. The molecule has 1 aliphatic heterocycles. The van der Waals surface area contributed by atoms with E-state index < -0.39 is 24.2 Å². The molecule has 0 radical (unpaired) electrons. The maximum absolute atomic E-state index is 12.8. The van der Waals surface area contributed by atoms with Crippen LogP contribution in [0.3, 0.4) is 0 Å². The number of amides is 3. The molecule has 2 aromatic rings. The van der Waals surface area contributed by atoms with Crippen molar-refractivity contribution in [2.45, 2.75) is 38.4 Å². The number of anilines is 2. The third-order valence-corrected chi connectivity index (χ3v) is 5.41. The highest BCUT2D eigenvalue weighted by Gasteiger charge is 2.38. The molecular weight excluding hydrogens is 523 g/mol. The predicted molar refractivity (Wildman–Crippen MR) is 135 cm³/mol. The summed E-state index contributed by atoms with van der Waals surface area (Å²) in [6.07, 6.45) is -3.96. The minimum atomic E-state index is -5.08. The molecule has 0 saturated carbocycles. The first kappa shape index (κ1) is 30.6. The van der Waals surface area contributed by atoms with Crippen molar-refractivity contribution in [1.82, 2.24) is 5.32 Å². The van der Waals surface area contributed by atoms with Crippen molar-refractivity contribution in [2.24, 2.45) is 5.73 Å². The van der Waals surface area contributed by atoms with Gasteiger partial charge in [-0.3, -0.25) is 15.0 Å². The maximum atomic E-state index is 12.8. The quantitative estimate of drug-likeness (QED) is 0.190. The van der Waals surface area contributed by atoms with Crippen molar-refractivity contribution in [3.05, 3.63) is 59.7 Å². The number of para-hydroxylation sites is 1. The Kier molecular flexibility index (Phi) is 10.8. The number of alkyl halides is 3. The minimum Gasteiger partial charge on any atom is -0.475 e. The normalized spacial score (nSPS) is 14.6. The van der Waals surface area contributed by atoms with E-state index in [9.17, 15) is 27.6 Å². The third kappa shape index (κ3) is 9.32. The summed E-state index contributed by atoms with van der Waals surface area (Å²) in [6, 6.07) is 12.9. The first-order valence-corrected chi connectivity index (χ1v) is 11.7. The van der Waals surface area contributed by atoms with Crippen molar-refractivity contribution < 1.29 is 42.2 Å². The average Bonchev–Trinajstić information content (AvgIpc) is 3.23. The minimum absolute atomic E-state index is 0.0388. The number of carboxylic acid groups (broad SMARTS) is 1. The topological polar surface area (TPSA) is 175 Å². The summed E-state index contributed by atoms with van der Waals surface area (Å²) in [5.41, 5.74) is 8.12. The lowest BCUT2D eigenvalue weighted by molar-refractivity contribution is -0.192. The van der Waals surface area contributed by atoms with Crippen LogP contribution >= 0.6 is 0 Å². The number of hydrogen-bond acceptors (Lipinski definition) is 6. The van der Waals surface area contributed by atoms with Crippen LogP contribution in [0.25, 0.3) is 0 Å². The zero-order valence-electron chi connectivity index (χ0n) is 20.9. The second-order valence-electron chi connectivity index (χ2n) is 8.16.